The topological polar surface area (TPSA) is 78.8 Å². The lowest BCUT2D eigenvalue weighted by molar-refractivity contribution is -0.0482. The number of likely N-dealkylation sites (tertiary alicyclic amines) is 2. The Morgan fingerprint density at radius 2 is 1.77 bits per heavy atom. The van der Waals surface area contributed by atoms with Crippen LogP contribution in [0.5, 0.6) is 0 Å². The Balaban J connectivity index is 1.15. The van der Waals surface area contributed by atoms with Gasteiger partial charge in [-0.25, -0.2) is 12.8 Å². The lowest BCUT2D eigenvalue weighted by Crippen LogP contribution is -2.61. The predicted molar refractivity (Wildman–Crippen MR) is 186 cm³/mol. The number of hydrogen-bond donors (Lipinski definition) is 0. The van der Waals surface area contributed by atoms with Gasteiger partial charge in [-0.15, -0.1) is 0 Å². The van der Waals surface area contributed by atoms with Crippen molar-refractivity contribution in [1.82, 2.24) is 24.3 Å². The van der Waals surface area contributed by atoms with E-state index in [-0.39, 0.29) is 17.2 Å². The van der Waals surface area contributed by atoms with Crippen molar-refractivity contribution >= 4 is 26.6 Å². The van der Waals surface area contributed by atoms with Crippen molar-refractivity contribution in [2.75, 3.05) is 39.5 Å². The second kappa shape index (κ2) is 13.2. The van der Waals surface area contributed by atoms with E-state index in [1.807, 2.05) is 30.8 Å². The number of nitrogens with zero attached hydrogens (tertiary/aromatic N) is 5. The van der Waals surface area contributed by atoms with Gasteiger partial charge in [-0.1, -0.05) is 13.8 Å². The number of halogens is 1. The average molecular weight is 666 g/mol. The maximum Gasteiger partial charge on any atom is 0.256 e. The highest BCUT2D eigenvalue weighted by molar-refractivity contribution is 7.91. The summed E-state index contributed by atoms with van der Waals surface area (Å²) in [5, 5.41) is 0.997. The molecule has 256 valence electrons. The van der Waals surface area contributed by atoms with E-state index in [1.165, 1.54) is 42.2 Å². The molecule has 1 atom stereocenters. The van der Waals surface area contributed by atoms with E-state index in [4.69, 9.17) is 0 Å². The number of aromatic nitrogens is 2. The van der Waals surface area contributed by atoms with Crippen molar-refractivity contribution in [3.63, 3.8) is 0 Å². The van der Waals surface area contributed by atoms with Crippen LogP contribution in [0, 0.1) is 30.5 Å². The number of carbonyl (C=O) groups is 1. The summed E-state index contributed by atoms with van der Waals surface area (Å²) < 4.78 is 40.5. The molecule has 2 saturated heterocycles. The number of pyridine rings is 1. The van der Waals surface area contributed by atoms with Crippen molar-refractivity contribution in [3.8, 4) is 5.69 Å². The first-order valence-electron chi connectivity index (χ1n) is 17.4. The van der Waals surface area contributed by atoms with Gasteiger partial charge in [0.05, 0.1) is 28.2 Å². The van der Waals surface area contributed by atoms with Gasteiger partial charge in [-0.3, -0.25) is 14.7 Å². The maximum absolute atomic E-state index is 14.5. The molecule has 4 heterocycles. The molecule has 6 rings (SSSR count). The fourth-order valence-electron chi connectivity index (χ4n) is 8.54. The van der Waals surface area contributed by atoms with Crippen LogP contribution >= 0.6 is 0 Å². The molecule has 47 heavy (non-hydrogen) atoms. The molecule has 10 heteroatoms. The van der Waals surface area contributed by atoms with Crippen molar-refractivity contribution in [1.29, 1.82) is 0 Å². The summed E-state index contributed by atoms with van der Waals surface area (Å²) in [5.74, 6) is 1.16. The van der Waals surface area contributed by atoms with Gasteiger partial charge >= 0.3 is 0 Å². The predicted octanol–water partition coefficient (Wildman–Crippen LogP) is 5.74. The zero-order valence-corrected chi connectivity index (χ0v) is 29.9. The fourth-order valence-corrected chi connectivity index (χ4v) is 9.61. The Bertz CT molecular complexity index is 1720. The second-order valence-electron chi connectivity index (χ2n) is 15.3. The summed E-state index contributed by atoms with van der Waals surface area (Å²) >= 11 is 0. The Kier molecular flexibility index (Phi) is 9.59. The molecule has 0 unspecified atom stereocenters. The van der Waals surface area contributed by atoms with Crippen LogP contribution in [0.3, 0.4) is 0 Å². The van der Waals surface area contributed by atoms with Crippen LogP contribution in [0.4, 0.5) is 4.39 Å². The van der Waals surface area contributed by atoms with Gasteiger partial charge in [-0.05, 0) is 113 Å². The van der Waals surface area contributed by atoms with Crippen LogP contribution in [-0.4, -0.2) is 101 Å². The molecule has 1 saturated carbocycles. The minimum Gasteiger partial charge on any atom is -0.339 e. The van der Waals surface area contributed by atoms with Crippen LogP contribution in [0.15, 0.2) is 36.8 Å². The third-order valence-electron chi connectivity index (χ3n) is 11.4. The van der Waals surface area contributed by atoms with Crippen LogP contribution in [-0.2, 0) is 16.3 Å². The molecule has 0 bridgehead atoms. The standard InChI is InChI=1S/C37H52FN5O3S/c1-23(2)36(27-15-30(16-27)41-12-10-31(11-13-41)47(7,45)46)42-20-26(21-42)14-28-22-43(34-19-39-18-25(5)35(28)34)33-9-8-29(38)17-32(33)37(44)40(6)24(3)4/h8-9,17-19,22-24,26-27,30-31,36H,10-16,20-21H2,1-7H3/t27?,30?,36-/m1/s1. The molecule has 0 N–H and O–H groups in total. The third-order valence-corrected chi connectivity index (χ3v) is 13.0. The number of hydrogen-bond acceptors (Lipinski definition) is 6. The van der Waals surface area contributed by atoms with Gasteiger partial charge in [0.2, 0.25) is 0 Å². The second-order valence-corrected chi connectivity index (χ2v) is 17.6. The molecule has 1 aromatic carbocycles. The van der Waals surface area contributed by atoms with Crippen molar-refractivity contribution in [2.45, 2.75) is 90.1 Å². The number of fused-ring (bicyclic) bond motifs is 1. The number of rotatable bonds is 10. The van der Waals surface area contributed by atoms with Crippen molar-refractivity contribution < 1.29 is 17.6 Å². The molecule has 8 nitrogen and oxygen atoms in total. The number of carbonyl (C=O) groups excluding carboxylic acids is 1. The summed E-state index contributed by atoms with van der Waals surface area (Å²) in [6.45, 7) is 14.6. The highest BCUT2D eigenvalue weighted by Gasteiger charge is 2.45. The Morgan fingerprint density at radius 1 is 1.09 bits per heavy atom. The molecule has 1 aliphatic carbocycles. The van der Waals surface area contributed by atoms with E-state index in [0.29, 0.717) is 41.1 Å². The first-order chi connectivity index (χ1) is 22.2. The summed E-state index contributed by atoms with van der Waals surface area (Å²) in [7, 11) is -1.18. The molecule has 3 fully saturated rings. The summed E-state index contributed by atoms with van der Waals surface area (Å²) in [4.78, 5) is 24.9. The first kappa shape index (κ1) is 34.1. The van der Waals surface area contributed by atoms with Crippen LogP contribution < -0.4 is 0 Å². The number of piperidine rings is 1. The third kappa shape index (κ3) is 6.75. The van der Waals surface area contributed by atoms with E-state index in [2.05, 4.69) is 41.8 Å². The summed E-state index contributed by atoms with van der Waals surface area (Å²) in [6, 6.07) is 5.62. The Morgan fingerprint density at radius 3 is 2.38 bits per heavy atom. The molecular formula is C37H52FN5O3S. The molecule has 2 aromatic heterocycles. The van der Waals surface area contributed by atoms with Gasteiger partial charge in [0.1, 0.15) is 15.7 Å². The fraction of sp³-hybridized carbons (Fsp3) is 0.622. The highest BCUT2D eigenvalue weighted by Crippen LogP contribution is 2.42. The lowest BCUT2D eigenvalue weighted by atomic mass is 9.69. The summed E-state index contributed by atoms with van der Waals surface area (Å²) in [5.41, 5.74) is 4.29. The van der Waals surface area contributed by atoms with E-state index in [9.17, 15) is 17.6 Å². The maximum atomic E-state index is 14.5. The highest BCUT2D eigenvalue weighted by atomic mass is 32.2. The molecule has 3 aromatic rings. The van der Waals surface area contributed by atoms with Gasteiger partial charge < -0.3 is 14.4 Å². The molecule has 1 amide bonds. The smallest absolute Gasteiger partial charge is 0.256 e. The SMILES string of the molecule is Cc1cncc2c1c(CC1CN([C@H](C(C)C)C3CC(N4CCC(S(C)(=O)=O)CC4)C3)C1)cn2-c1ccc(F)cc1C(=O)N(C)C(C)C. The quantitative estimate of drug-likeness (QED) is 0.275. The van der Waals surface area contributed by atoms with Crippen LogP contribution in [0.1, 0.15) is 74.9 Å². The van der Waals surface area contributed by atoms with Crippen LogP contribution in [0.2, 0.25) is 0 Å². The van der Waals surface area contributed by atoms with E-state index in [0.717, 1.165) is 56.5 Å². The van der Waals surface area contributed by atoms with Crippen LogP contribution in [0.25, 0.3) is 16.6 Å². The molecular weight excluding hydrogens is 614 g/mol. The van der Waals surface area contributed by atoms with Gasteiger partial charge in [0.15, 0.2) is 0 Å². The minimum atomic E-state index is -2.94. The number of aryl methyl sites for hydroxylation is 1. The largest absolute Gasteiger partial charge is 0.339 e. The van der Waals surface area contributed by atoms with Crippen molar-refractivity contribution in [3.05, 3.63) is 59.3 Å². The molecule has 0 radical (unpaired) electrons. The van der Waals surface area contributed by atoms with E-state index in [1.54, 1.807) is 18.0 Å². The Labute approximate surface area is 280 Å². The monoisotopic (exact) mass is 665 g/mol. The average Bonchev–Trinajstić information content (AvgIpc) is 3.34. The number of benzene rings is 1. The van der Waals surface area contributed by atoms with Gasteiger partial charge in [-0.2, -0.15) is 0 Å². The molecule has 2 aliphatic heterocycles. The number of amides is 1. The van der Waals surface area contributed by atoms with Crippen molar-refractivity contribution in [2.24, 2.45) is 17.8 Å². The van der Waals surface area contributed by atoms with E-state index >= 15 is 0 Å². The molecule has 0 spiro atoms. The number of sulfone groups is 1. The van der Waals surface area contributed by atoms with Gasteiger partial charge in [0.25, 0.3) is 5.91 Å². The van der Waals surface area contributed by atoms with E-state index < -0.39 is 15.7 Å². The lowest BCUT2D eigenvalue weighted by Gasteiger charge is -2.55. The zero-order valence-electron chi connectivity index (χ0n) is 29.1. The molecule has 3 aliphatic rings. The minimum absolute atomic E-state index is 0.0130. The summed E-state index contributed by atoms with van der Waals surface area (Å²) in [6.07, 6.45) is 12.2. The normalized spacial score (nSPS) is 22.5. The Hall–Kier alpha value is -2.82. The first-order valence-corrected chi connectivity index (χ1v) is 19.4. The zero-order chi connectivity index (χ0) is 33.8. The van der Waals surface area contributed by atoms with Gasteiger partial charge in [0, 0.05) is 62.3 Å².